The maximum atomic E-state index is 11.7. The number of nitrogens with one attached hydrogen (secondary N) is 3. The van der Waals surface area contributed by atoms with E-state index in [0.29, 0.717) is 13.0 Å². The van der Waals surface area contributed by atoms with Crippen LogP contribution in [-0.4, -0.2) is 48.2 Å². The summed E-state index contributed by atoms with van der Waals surface area (Å²) in [5, 5.41) is 17.8. The summed E-state index contributed by atoms with van der Waals surface area (Å²) >= 11 is 0. The fourth-order valence-corrected chi connectivity index (χ4v) is 2.73. The zero-order chi connectivity index (χ0) is 13.7. The fourth-order valence-electron chi connectivity index (χ4n) is 2.73. The van der Waals surface area contributed by atoms with E-state index in [1.807, 2.05) is 0 Å². The molecule has 0 spiro atoms. The van der Waals surface area contributed by atoms with Gasteiger partial charge >= 0.3 is 0 Å². The second-order valence-electron chi connectivity index (χ2n) is 5.47. The van der Waals surface area contributed by atoms with E-state index in [1.165, 1.54) is 19.3 Å². The van der Waals surface area contributed by atoms with E-state index in [0.717, 1.165) is 12.8 Å². The minimum atomic E-state index is -0.466. The van der Waals surface area contributed by atoms with Crippen molar-refractivity contribution < 1.29 is 14.7 Å². The molecular weight excluding hydrogens is 282 g/mol. The van der Waals surface area contributed by atoms with Crippen LogP contribution in [0.25, 0.3) is 0 Å². The van der Waals surface area contributed by atoms with Crippen molar-refractivity contribution >= 4 is 24.2 Å². The van der Waals surface area contributed by atoms with Gasteiger partial charge in [-0.05, 0) is 19.3 Å². The van der Waals surface area contributed by atoms with Crippen molar-refractivity contribution in [3.63, 3.8) is 0 Å². The third kappa shape index (κ3) is 5.26. The number of carbonyl (C=O) groups excluding carboxylic acids is 2. The molecule has 2 unspecified atom stereocenters. The molecule has 0 aromatic carbocycles. The monoisotopic (exact) mass is 305 g/mol. The molecule has 4 N–H and O–H groups in total. The van der Waals surface area contributed by atoms with E-state index in [4.69, 9.17) is 0 Å². The zero-order valence-electron chi connectivity index (χ0n) is 11.6. The van der Waals surface area contributed by atoms with Crippen LogP contribution < -0.4 is 16.0 Å². The smallest absolute Gasteiger partial charge is 0.239 e. The Morgan fingerprint density at radius 1 is 1.20 bits per heavy atom. The van der Waals surface area contributed by atoms with Crippen molar-refractivity contribution in [3.05, 3.63) is 0 Å². The van der Waals surface area contributed by atoms with Crippen LogP contribution in [0.2, 0.25) is 0 Å². The van der Waals surface area contributed by atoms with E-state index < -0.39 is 6.10 Å². The van der Waals surface area contributed by atoms with Crippen LogP contribution >= 0.6 is 12.4 Å². The second-order valence-corrected chi connectivity index (χ2v) is 5.47. The zero-order valence-corrected chi connectivity index (χ0v) is 12.4. The average Bonchev–Trinajstić information content (AvgIpc) is 2.84. The van der Waals surface area contributed by atoms with Gasteiger partial charge in [0.15, 0.2) is 0 Å². The Labute approximate surface area is 125 Å². The van der Waals surface area contributed by atoms with Gasteiger partial charge in [-0.15, -0.1) is 12.4 Å². The molecule has 2 atom stereocenters. The van der Waals surface area contributed by atoms with Gasteiger partial charge in [0, 0.05) is 12.6 Å². The molecule has 6 nitrogen and oxygen atoms in total. The number of rotatable bonds is 4. The Kier molecular flexibility index (Phi) is 7.26. The first kappa shape index (κ1) is 17.2. The number of hydrogen-bond donors (Lipinski definition) is 4. The Balaban J connectivity index is 0.00000200. The highest BCUT2D eigenvalue weighted by molar-refractivity contribution is 5.87. The normalized spacial score (nSPS) is 26.6. The first-order valence-electron chi connectivity index (χ1n) is 7.13. The minimum absolute atomic E-state index is 0. The summed E-state index contributed by atoms with van der Waals surface area (Å²) in [5.74, 6) is -0.339. The highest BCUT2D eigenvalue weighted by atomic mass is 35.5. The van der Waals surface area contributed by atoms with Crippen molar-refractivity contribution in [3.8, 4) is 0 Å². The number of aliphatic hydroxyl groups excluding tert-OH is 1. The molecule has 7 heteroatoms. The third-order valence-corrected chi connectivity index (χ3v) is 3.82. The number of halogens is 1. The van der Waals surface area contributed by atoms with Crippen LogP contribution in [0, 0.1) is 0 Å². The molecule has 2 rings (SSSR count). The summed E-state index contributed by atoms with van der Waals surface area (Å²) in [4.78, 5) is 23.4. The second kappa shape index (κ2) is 8.44. The maximum Gasteiger partial charge on any atom is 0.239 e. The Morgan fingerprint density at radius 2 is 1.90 bits per heavy atom. The van der Waals surface area contributed by atoms with Gasteiger partial charge in [0.05, 0.1) is 18.7 Å². The average molecular weight is 306 g/mol. The molecule has 1 heterocycles. The topological polar surface area (TPSA) is 90.5 Å². The van der Waals surface area contributed by atoms with Crippen molar-refractivity contribution in [2.75, 3.05) is 13.1 Å². The molecular formula is C13H24ClN3O3. The summed E-state index contributed by atoms with van der Waals surface area (Å²) in [6.07, 6.45) is 5.61. The highest BCUT2D eigenvalue weighted by Crippen LogP contribution is 2.17. The molecule has 2 aliphatic rings. The van der Waals surface area contributed by atoms with Crippen LogP contribution in [0.1, 0.15) is 38.5 Å². The van der Waals surface area contributed by atoms with Gasteiger partial charge < -0.3 is 21.1 Å². The Bertz CT molecular complexity index is 335. The first-order chi connectivity index (χ1) is 9.15. The van der Waals surface area contributed by atoms with Crippen LogP contribution in [0.3, 0.4) is 0 Å². The molecule has 20 heavy (non-hydrogen) atoms. The highest BCUT2D eigenvalue weighted by Gasteiger charge is 2.28. The van der Waals surface area contributed by atoms with Crippen molar-refractivity contribution in [2.24, 2.45) is 0 Å². The number of aliphatic hydroxyl groups is 1. The summed E-state index contributed by atoms with van der Waals surface area (Å²) in [5.41, 5.74) is 0. The number of β-amino-alcohol motifs (C(OH)–C–C–N with tert-alkyl or cyclic N) is 1. The molecule has 0 bridgehead atoms. The third-order valence-electron chi connectivity index (χ3n) is 3.82. The molecule has 1 saturated heterocycles. The quantitative estimate of drug-likeness (QED) is 0.574. The van der Waals surface area contributed by atoms with Crippen molar-refractivity contribution in [1.82, 2.24) is 16.0 Å². The molecule has 1 aliphatic carbocycles. The largest absolute Gasteiger partial charge is 0.392 e. The maximum absolute atomic E-state index is 11.7. The van der Waals surface area contributed by atoms with Crippen LogP contribution in [0.15, 0.2) is 0 Å². The number of carbonyl (C=O) groups is 2. The van der Waals surface area contributed by atoms with Gasteiger partial charge in [-0.1, -0.05) is 19.3 Å². The fraction of sp³-hybridized carbons (Fsp3) is 0.846. The lowest BCUT2D eigenvalue weighted by Crippen LogP contribution is -2.46. The van der Waals surface area contributed by atoms with E-state index in [-0.39, 0.29) is 42.8 Å². The first-order valence-corrected chi connectivity index (χ1v) is 7.13. The standard InChI is InChI=1S/C13H23N3O3.ClH/c17-10-6-11(14-7-10)13(19)15-8-12(18)16-9-4-2-1-3-5-9;/h9-11,14,17H,1-8H2,(H,15,19)(H,16,18);1H. The summed E-state index contributed by atoms with van der Waals surface area (Å²) < 4.78 is 0. The van der Waals surface area contributed by atoms with Gasteiger partial charge in [0.2, 0.25) is 11.8 Å². The molecule has 2 fully saturated rings. The van der Waals surface area contributed by atoms with Crippen molar-refractivity contribution in [1.29, 1.82) is 0 Å². The molecule has 2 amide bonds. The van der Waals surface area contributed by atoms with E-state index in [2.05, 4.69) is 16.0 Å². The molecule has 0 aromatic heterocycles. The van der Waals surface area contributed by atoms with Crippen LogP contribution in [0.4, 0.5) is 0 Å². The summed E-state index contributed by atoms with van der Waals surface area (Å²) in [6.45, 7) is 0.454. The summed E-state index contributed by atoms with van der Waals surface area (Å²) in [6, 6.07) is -0.109. The lowest BCUT2D eigenvalue weighted by Gasteiger charge is -2.23. The summed E-state index contributed by atoms with van der Waals surface area (Å²) in [7, 11) is 0. The van der Waals surface area contributed by atoms with Crippen LogP contribution in [-0.2, 0) is 9.59 Å². The molecule has 0 radical (unpaired) electrons. The van der Waals surface area contributed by atoms with E-state index in [1.54, 1.807) is 0 Å². The van der Waals surface area contributed by atoms with Gasteiger partial charge in [-0.25, -0.2) is 0 Å². The van der Waals surface area contributed by atoms with E-state index >= 15 is 0 Å². The van der Waals surface area contributed by atoms with Gasteiger partial charge in [0.25, 0.3) is 0 Å². The predicted molar refractivity (Wildman–Crippen MR) is 77.7 cm³/mol. The Morgan fingerprint density at radius 3 is 2.50 bits per heavy atom. The van der Waals surface area contributed by atoms with Crippen molar-refractivity contribution in [2.45, 2.75) is 56.7 Å². The number of amides is 2. The van der Waals surface area contributed by atoms with Gasteiger partial charge in [0.1, 0.15) is 0 Å². The van der Waals surface area contributed by atoms with E-state index in [9.17, 15) is 14.7 Å². The van der Waals surface area contributed by atoms with Gasteiger partial charge in [-0.3, -0.25) is 9.59 Å². The lowest BCUT2D eigenvalue weighted by atomic mass is 9.95. The minimum Gasteiger partial charge on any atom is -0.392 e. The molecule has 1 aliphatic heterocycles. The SMILES string of the molecule is Cl.O=C(CNC(=O)C1CC(O)CN1)NC1CCCCC1. The number of hydrogen-bond acceptors (Lipinski definition) is 4. The van der Waals surface area contributed by atoms with Gasteiger partial charge in [-0.2, -0.15) is 0 Å². The Hall–Kier alpha value is -0.850. The lowest BCUT2D eigenvalue weighted by molar-refractivity contribution is -0.127. The van der Waals surface area contributed by atoms with Crippen LogP contribution in [0.5, 0.6) is 0 Å². The predicted octanol–water partition coefficient (Wildman–Crippen LogP) is -0.304. The molecule has 0 aromatic rings. The molecule has 1 saturated carbocycles. The molecule has 116 valence electrons.